The maximum Gasteiger partial charge on any atom is 0.328 e. The van der Waals surface area contributed by atoms with E-state index < -0.39 is 11.2 Å². The fourth-order valence-electron chi connectivity index (χ4n) is 1.60. The Morgan fingerprint density at radius 2 is 2.05 bits per heavy atom. The van der Waals surface area contributed by atoms with E-state index in [0.717, 1.165) is 15.0 Å². The molecule has 5 nitrogen and oxygen atoms in total. The third-order valence-corrected chi connectivity index (χ3v) is 3.65. The van der Waals surface area contributed by atoms with Gasteiger partial charge in [-0.25, -0.2) is 4.79 Å². The Labute approximate surface area is 113 Å². The predicted octanol–water partition coefficient (Wildman–Crippen LogP) is 1.35. The van der Waals surface area contributed by atoms with Crippen LogP contribution >= 0.6 is 11.8 Å². The quantitative estimate of drug-likeness (QED) is 0.678. The molecule has 0 unspecified atom stereocenters. The normalized spacial score (nSPS) is 10.4. The van der Waals surface area contributed by atoms with Crippen molar-refractivity contribution in [2.24, 2.45) is 7.05 Å². The summed E-state index contributed by atoms with van der Waals surface area (Å²) < 4.78 is 0.879. The lowest BCUT2D eigenvalue weighted by molar-refractivity contribution is 0.111. The summed E-state index contributed by atoms with van der Waals surface area (Å²) >= 11 is 1.19. The Morgan fingerprint density at radius 1 is 1.32 bits per heavy atom. The van der Waals surface area contributed by atoms with Gasteiger partial charge in [0.15, 0.2) is 6.29 Å². The van der Waals surface area contributed by atoms with Crippen LogP contribution in [0.1, 0.15) is 15.9 Å². The number of hydrogen-bond acceptors (Lipinski definition) is 4. The molecule has 1 heterocycles. The van der Waals surface area contributed by atoms with E-state index in [1.807, 2.05) is 31.2 Å². The largest absolute Gasteiger partial charge is 0.328 e. The van der Waals surface area contributed by atoms with Gasteiger partial charge in [0.25, 0.3) is 5.56 Å². The van der Waals surface area contributed by atoms with E-state index in [1.165, 1.54) is 18.8 Å². The SMILES string of the molecule is Cc1cccc(Sc2[nH]c(=O)n(C)c(=O)c2C=O)c1. The van der Waals surface area contributed by atoms with E-state index >= 15 is 0 Å². The van der Waals surface area contributed by atoms with E-state index in [4.69, 9.17) is 0 Å². The monoisotopic (exact) mass is 276 g/mol. The number of nitrogens with one attached hydrogen (secondary N) is 1. The summed E-state index contributed by atoms with van der Waals surface area (Å²) in [4.78, 5) is 37.8. The zero-order chi connectivity index (χ0) is 14.0. The smallest absolute Gasteiger partial charge is 0.301 e. The van der Waals surface area contributed by atoms with Gasteiger partial charge < -0.3 is 4.98 Å². The lowest BCUT2D eigenvalue weighted by atomic mass is 10.2. The second-order valence-corrected chi connectivity index (χ2v) is 5.16. The molecular formula is C13H12N2O3S. The highest BCUT2D eigenvalue weighted by Gasteiger charge is 2.12. The van der Waals surface area contributed by atoms with Gasteiger partial charge in [0, 0.05) is 11.9 Å². The van der Waals surface area contributed by atoms with E-state index in [-0.39, 0.29) is 10.6 Å². The molecule has 98 valence electrons. The van der Waals surface area contributed by atoms with Crippen molar-refractivity contribution in [1.82, 2.24) is 9.55 Å². The Bertz CT molecular complexity index is 746. The highest BCUT2D eigenvalue weighted by Crippen LogP contribution is 2.26. The van der Waals surface area contributed by atoms with Gasteiger partial charge in [0.05, 0.1) is 5.03 Å². The molecule has 0 saturated heterocycles. The van der Waals surface area contributed by atoms with E-state index in [1.54, 1.807) is 0 Å². The number of rotatable bonds is 3. The maximum absolute atomic E-state index is 11.8. The molecule has 0 aliphatic heterocycles. The number of aryl methyl sites for hydroxylation is 1. The molecule has 0 spiro atoms. The van der Waals surface area contributed by atoms with Crippen LogP contribution in [0.4, 0.5) is 0 Å². The summed E-state index contributed by atoms with van der Waals surface area (Å²) in [5, 5.41) is 0.272. The van der Waals surface area contributed by atoms with Crippen molar-refractivity contribution < 1.29 is 4.79 Å². The topological polar surface area (TPSA) is 71.9 Å². The number of carbonyl (C=O) groups excluding carboxylic acids is 1. The molecule has 0 amide bonds. The van der Waals surface area contributed by atoms with Gasteiger partial charge in [-0.3, -0.25) is 14.2 Å². The van der Waals surface area contributed by atoms with Gasteiger partial charge in [-0.05, 0) is 19.1 Å². The van der Waals surface area contributed by atoms with Crippen molar-refractivity contribution in [3.05, 3.63) is 56.2 Å². The summed E-state index contributed by atoms with van der Waals surface area (Å²) in [5.74, 6) is 0. The molecule has 0 fully saturated rings. The average Bonchev–Trinajstić information content (AvgIpc) is 2.37. The summed E-state index contributed by atoms with van der Waals surface area (Å²) in [6.45, 7) is 1.94. The molecule has 2 aromatic rings. The van der Waals surface area contributed by atoms with Crippen LogP contribution < -0.4 is 11.2 Å². The molecule has 0 aliphatic rings. The second-order valence-electron chi connectivity index (χ2n) is 4.07. The van der Waals surface area contributed by atoms with E-state index in [2.05, 4.69) is 4.98 Å². The summed E-state index contributed by atoms with van der Waals surface area (Å²) in [7, 11) is 1.33. The van der Waals surface area contributed by atoms with Crippen molar-refractivity contribution in [3.63, 3.8) is 0 Å². The van der Waals surface area contributed by atoms with Gasteiger partial charge in [-0.1, -0.05) is 29.5 Å². The van der Waals surface area contributed by atoms with Crippen LogP contribution in [-0.4, -0.2) is 15.8 Å². The van der Waals surface area contributed by atoms with Crippen molar-refractivity contribution >= 4 is 18.0 Å². The maximum atomic E-state index is 11.8. The van der Waals surface area contributed by atoms with Crippen molar-refractivity contribution in [2.45, 2.75) is 16.8 Å². The Morgan fingerprint density at radius 3 is 2.68 bits per heavy atom. The van der Waals surface area contributed by atoms with Crippen molar-refractivity contribution in [2.75, 3.05) is 0 Å². The minimum Gasteiger partial charge on any atom is -0.301 e. The number of carbonyl (C=O) groups is 1. The molecule has 1 aromatic carbocycles. The Balaban J connectivity index is 2.54. The first-order chi connectivity index (χ1) is 9.02. The standard InChI is InChI=1S/C13H12N2O3S/c1-8-4-3-5-9(6-8)19-11-10(7-16)12(17)15(2)13(18)14-11/h3-7H,1-2H3,(H,14,18). The number of aromatic amines is 1. The Hall–Kier alpha value is -2.08. The molecule has 0 atom stereocenters. The zero-order valence-electron chi connectivity index (χ0n) is 10.5. The predicted molar refractivity (Wildman–Crippen MR) is 73.0 cm³/mol. The lowest BCUT2D eigenvalue weighted by Crippen LogP contribution is -2.35. The average molecular weight is 276 g/mol. The molecule has 0 saturated carbocycles. The number of aromatic nitrogens is 2. The van der Waals surface area contributed by atoms with Crippen LogP contribution in [0, 0.1) is 6.92 Å². The van der Waals surface area contributed by atoms with Crippen LogP contribution in [0.3, 0.4) is 0 Å². The fourth-order valence-corrected chi connectivity index (χ4v) is 2.61. The van der Waals surface area contributed by atoms with Crippen molar-refractivity contribution in [3.8, 4) is 0 Å². The number of aldehydes is 1. The second kappa shape index (κ2) is 5.27. The van der Waals surface area contributed by atoms with E-state index in [0.29, 0.717) is 6.29 Å². The minimum absolute atomic E-state index is 0.0337. The molecule has 0 bridgehead atoms. The van der Waals surface area contributed by atoms with Crippen LogP contribution in [0.2, 0.25) is 0 Å². The Kier molecular flexibility index (Phi) is 3.71. The first-order valence-electron chi connectivity index (χ1n) is 5.56. The molecule has 1 N–H and O–H groups in total. The number of H-pyrrole nitrogens is 1. The molecular weight excluding hydrogens is 264 g/mol. The summed E-state index contributed by atoms with van der Waals surface area (Å²) in [6.07, 6.45) is 0.469. The number of benzene rings is 1. The lowest BCUT2D eigenvalue weighted by Gasteiger charge is -2.06. The van der Waals surface area contributed by atoms with Gasteiger partial charge in [-0.15, -0.1) is 0 Å². The number of hydrogen-bond donors (Lipinski definition) is 1. The van der Waals surface area contributed by atoms with Crippen LogP contribution in [0.25, 0.3) is 0 Å². The highest BCUT2D eigenvalue weighted by atomic mass is 32.2. The van der Waals surface area contributed by atoms with Gasteiger partial charge in [0.2, 0.25) is 0 Å². The molecule has 19 heavy (non-hydrogen) atoms. The third-order valence-electron chi connectivity index (χ3n) is 2.63. The highest BCUT2D eigenvalue weighted by molar-refractivity contribution is 7.99. The van der Waals surface area contributed by atoms with Crippen LogP contribution in [0.5, 0.6) is 0 Å². The van der Waals surface area contributed by atoms with E-state index in [9.17, 15) is 14.4 Å². The van der Waals surface area contributed by atoms with Gasteiger partial charge in [0.1, 0.15) is 5.56 Å². The molecule has 0 radical (unpaired) electrons. The summed E-state index contributed by atoms with van der Waals surface area (Å²) in [6, 6.07) is 7.58. The number of nitrogens with zero attached hydrogens (tertiary/aromatic N) is 1. The minimum atomic E-state index is -0.589. The molecule has 6 heteroatoms. The molecule has 1 aromatic heterocycles. The zero-order valence-corrected chi connectivity index (χ0v) is 11.3. The van der Waals surface area contributed by atoms with Gasteiger partial charge in [-0.2, -0.15) is 0 Å². The van der Waals surface area contributed by atoms with Crippen LogP contribution in [0.15, 0.2) is 43.8 Å². The first kappa shape index (κ1) is 13.4. The molecule has 0 aliphatic carbocycles. The van der Waals surface area contributed by atoms with Gasteiger partial charge >= 0.3 is 5.69 Å². The van der Waals surface area contributed by atoms with Crippen LogP contribution in [-0.2, 0) is 7.05 Å². The fraction of sp³-hybridized carbons (Fsp3) is 0.154. The first-order valence-corrected chi connectivity index (χ1v) is 6.37. The summed E-state index contributed by atoms with van der Waals surface area (Å²) in [5.41, 5.74) is -0.0999. The molecule has 2 rings (SSSR count). The van der Waals surface area contributed by atoms with Crippen molar-refractivity contribution in [1.29, 1.82) is 0 Å². The third kappa shape index (κ3) is 2.68.